The lowest BCUT2D eigenvalue weighted by atomic mass is 9.99. The molecule has 2 amide bonds. The summed E-state index contributed by atoms with van der Waals surface area (Å²) in [6.45, 7) is 0. The van der Waals surface area contributed by atoms with Crippen LogP contribution in [-0.2, 0) is 9.59 Å². The zero-order valence-electron chi connectivity index (χ0n) is 19.8. The summed E-state index contributed by atoms with van der Waals surface area (Å²) in [5.74, 6) is -1.08. The molecule has 7 heteroatoms. The van der Waals surface area contributed by atoms with Crippen molar-refractivity contribution in [2.45, 2.75) is 0 Å². The fourth-order valence-corrected chi connectivity index (χ4v) is 4.89. The maximum absolute atomic E-state index is 12.8. The van der Waals surface area contributed by atoms with Crippen molar-refractivity contribution in [1.29, 1.82) is 0 Å². The fourth-order valence-electron chi connectivity index (χ4n) is 4.89. The molecule has 0 bridgehead atoms. The summed E-state index contributed by atoms with van der Waals surface area (Å²) in [4.78, 5) is 47.5. The molecule has 0 saturated carbocycles. The van der Waals surface area contributed by atoms with Crippen LogP contribution in [0.25, 0.3) is 43.6 Å². The van der Waals surface area contributed by atoms with E-state index in [9.17, 15) is 14.4 Å². The zero-order valence-corrected chi connectivity index (χ0v) is 19.8. The average Bonchev–Trinajstić information content (AvgIpc) is 3.29. The Morgan fingerprint density at radius 3 is 1.79 bits per heavy atom. The first kappa shape index (κ1) is 21.8. The Hall–Kier alpha value is -5.43. The Kier molecular flexibility index (Phi) is 4.77. The number of carbonyl (C=O) groups is 3. The first-order valence-corrected chi connectivity index (χ1v) is 12.0. The van der Waals surface area contributed by atoms with E-state index < -0.39 is 17.8 Å². The van der Waals surface area contributed by atoms with Crippen LogP contribution < -0.4 is 9.64 Å². The summed E-state index contributed by atoms with van der Waals surface area (Å²) in [5, 5.41) is 4.25. The number of anilines is 1. The molecule has 2 heterocycles. The van der Waals surface area contributed by atoms with E-state index in [1.807, 2.05) is 30.3 Å². The van der Waals surface area contributed by atoms with Crippen molar-refractivity contribution in [3.63, 3.8) is 0 Å². The van der Waals surface area contributed by atoms with Crippen molar-refractivity contribution < 1.29 is 19.1 Å². The highest BCUT2D eigenvalue weighted by Gasteiger charge is 2.25. The molecular weight excluding hydrogens is 478 g/mol. The predicted molar refractivity (Wildman–Crippen MR) is 145 cm³/mol. The van der Waals surface area contributed by atoms with Crippen molar-refractivity contribution in [2.24, 2.45) is 0 Å². The third kappa shape index (κ3) is 3.41. The van der Waals surface area contributed by atoms with Crippen molar-refractivity contribution in [2.75, 3.05) is 4.90 Å². The first-order valence-electron chi connectivity index (χ1n) is 12.0. The summed E-state index contributed by atoms with van der Waals surface area (Å²) in [6.07, 6.45) is 2.42. The summed E-state index contributed by atoms with van der Waals surface area (Å²) in [7, 11) is 0. The van der Waals surface area contributed by atoms with Gasteiger partial charge in [0.15, 0.2) is 0 Å². The number of benzene rings is 5. The van der Waals surface area contributed by atoms with Gasteiger partial charge in [-0.2, -0.15) is 0 Å². The molecule has 0 radical (unpaired) electrons. The molecule has 1 aliphatic rings. The van der Waals surface area contributed by atoms with Crippen LogP contribution in [0.5, 0.6) is 5.75 Å². The summed E-state index contributed by atoms with van der Waals surface area (Å²) < 4.78 is 5.62. The number of carbonyl (C=O) groups excluding carboxylic acids is 3. The summed E-state index contributed by atoms with van der Waals surface area (Å²) in [5.41, 5.74) is 3.57. The molecule has 0 spiro atoms. The maximum atomic E-state index is 12.8. The van der Waals surface area contributed by atoms with E-state index in [2.05, 4.69) is 18.2 Å². The topological polar surface area (TPSA) is 89.5 Å². The molecule has 0 atom stereocenters. The number of aromatic nitrogens is 2. The molecule has 38 heavy (non-hydrogen) atoms. The molecule has 180 valence electrons. The van der Waals surface area contributed by atoms with Crippen LogP contribution in [0.15, 0.2) is 103 Å². The van der Waals surface area contributed by atoms with Crippen molar-refractivity contribution in [1.82, 2.24) is 9.97 Å². The smallest absolute Gasteiger partial charge is 0.343 e. The maximum Gasteiger partial charge on any atom is 0.343 e. The van der Waals surface area contributed by atoms with Gasteiger partial charge < -0.3 is 4.74 Å². The zero-order chi connectivity index (χ0) is 25.8. The van der Waals surface area contributed by atoms with E-state index >= 15 is 0 Å². The Morgan fingerprint density at radius 1 is 0.632 bits per heavy atom. The number of esters is 1. The second-order valence-corrected chi connectivity index (χ2v) is 8.94. The van der Waals surface area contributed by atoms with Crippen LogP contribution in [0.1, 0.15) is 10.4 Å². The van der Waals surface area contributed by atoms with Crippen LogP contribution >= 0.6 is 0 Å². The molecular formula is C31H17N3O4. The third-order valence-electron chi connectivity index (χ3n) is 6.67. The summed E-state index contributed by atoms with van der Waals surface area (Å²) in [6, 6.07) is 27.6. The van der Waals surface area contributed by atoms with Gasteiger partial charge in [-0.3, -0.25) is 9.59 Å². The molecule has 1 aromatic heterocycles. The Bertz CT molecular complexity index is 1990. The SMILES string of the molecule is O=C(Oc1ccc2nc3c4ccccc4c4ccccc4c3nc2c1)c1ccc(N2C(=O)C=CC2=O)cc1. The van der Waals surface area contributed by atoms with E-state index in [0.29, 0.717) is 22.5 Å². The van der Waals surface area contributed by atoms with E-state index in [-0.39, 0.29) is 5.56 Å². The van der Waals surface area contributed by atoms with Crippen LogP contribution in [0.4, 0.5) is 5.69 Å². The standard InChI is InChI=1S/C31H17N3O4/c35-27-15-16-28(36)34(27)19-11-9-18(10-12-19)31(37)38-20-13-14-25-26(17-20)33-30-24-8-4-2-6-22(24)21-5-1-3-7-23(21)29(30)32-25/h1-17H. The second kappa shape index (κ2) is 8.31. The molecule has 5 aromatic carbocycles. The van der Waals surface area contributed by atoms with Gasteiger partial charge in [-0.15, -0.1) is 0 Å². The van der Waals surface area contributed by atoms with Gasteiger partial charge in [0.1, 0.15) is 5.75 Å². The molecule has 0 fully saturated rings. The van der Waals surface area contributed by atoms with Gasteiger partial charge in [-0.05, 0) is 47.2 Å². The highest BCUT2D eigenvalue weighted by molar-refractivity contribution is 6.28. The van der Waals surface area contributed by atoms with Gasteiger partial charge >= 0.3 is 5.97 Å². The Labute approximate surface area is 215 Å². The lowest BCUT2D eigenvalue weighted by Gasteiger charge is -2.14. The number of ether oxygens (including phenoxy) is 1. The van der Waals surface area contributed by atoms with E-state index in [4.69, 9.17) is 14.7 Å². The van der Waals surface area contributed by atoms with Crippen molar-refractivity contribution in [3.8, 4) is 5.75 Å². The van der Waals surface area contributed by atoms with Crippen LogP contribution in [0.2, 0.25) is 0 Å². The van der Waals surface area contributed by atoms with Crippen LogP contribution in [0.3, 0.4) is 0 Å². The van der Waals surface area contributed by atoms with E-state index in [0.717, 1.165) is 37.5 Å². The average molecular weight is 495 g/mol. The molecule has 0 aliphatic carbocycles. The Morgan fingerprint density at radius 2 is 1.18 bits per heavy atom. The van der Waals surface area contributed by atoms with Crippen LogP contribution in [-0.4, -0.2) is 27.8 Å². The Balaban J connectivity index is 1.25. The first-order chi connectivity index (χ1) is 18.6. The number of fused-ring (bicyclic) bond motifs is 7. The predicted octanol–water partition coefficient (Wildman–Crippen LogP) is 5.74. The van der Waals surface area contributed by atoms with Gasteiger partial charge in [0, 0.05) is 29.0 Å². The van der Waals surface area contributed by atoms with E-state index in [1.54, 1.807) is 18.2 Å². The van der Waals surface area contributed by atoms with Crippen molar-refractivity contribution in [3.05, 3.63) is 109 Å². The highest BCUT2D eigenvalue weighted by Crippen LogP contribution is 2.34. The van der Waals surface area contributed by atoms with Gasteiger partial charge in [0.05, 0.1) is 33.3 Å². The van der Waals surface area contributed by atoms with Gasteiger partial charge in [-0.25, -0.2) is 19.7 Å². The van der Waals surface area contributed by atoms with Gasteiger partial charge in [0.25, 0.3) is 11.8 Å². The minimum atomic E-state index is -0.571. The number of rotatable bonds is 3. The minimum absolute atomic E-state index is 0.281. The third-order valence-corrected chi connectivity index (χ3v) is 6.67. The van der Waals surface area contributed by atoms with E-state index in [1.165, 1.54) is 36.4 Å². The number of amides is 2. The summed E-state index contributed by atoms with van der Waals surface area (Å²) >= 11 is 0. The molecule has 1 aliphatic heterocycles. The number of hydrogen-bond acceptors (Lipinski definition) is 6. The van der Waals surface area contributed by atoms with Gasteiger partial charge in [-0.1, -0.05) is 48.5 Å². The quantitative estimate of drug-likeness (QED) is 0.102. The fraction of sp³-hybridized carbons (Fsp3) is 0. The lowest BCUT2D eigenvalue weighted by molar-refractivity contribution is -0.119. The number of imide groups is 1. The number of nitrogens with zero attached hydrogens (tertiary/aromatic N) is 3. The molecule has 0 N–H and O–H groups in total. The van der Waals surface area contributed by atoms with Gasteiger partial charge in [0.2, 0.25) is 0 Å². The number of hydrogen-bond donors (Lipinski definition) is 0. The highest BCUT2D eigenvalue weighted by atomic mass is 16.5. The van der Waals surface area contributed by atoms with Crippen LogP contribution in [0, 0.1) is 0 Å². The molecule has 0 saturated heterocycles. The monoisotopic (exact) mass is 495 g/mol. The molecule has 7 rings (SSSR count). The molecule has 0 unspecified atom stereocenters. The minimum Gasteiger partial charge on any atom is -0.423 e. The second-order valence-electron chi connectivity index (χ2n) is 8.94. The normalized spacial score (nSPS) is 13.3. The molecule has 7 nitrogen and oxygen atoms in total. The molecule has 6 aromatic rings. The lowest BCUT2D eigenvalue weighted by Crippen LogP contribution is -2.29. The largest absolute Gasteiger partial charge is 0.423 e. The van der Waals surface area contributed by atoms with Crippen molar-refractivity contribution >= 4 is 67.1 Å².